The van der Waals surface area contributed by atoms with E-state index in [0.717, 1.165) is 5.56 Å². The molecule has 0 unspecified atom stereocenters. The van der Waals surface area contributed by atoms with Gasteiger partial charge >= 0.3 is 0 Å². The Kier molecular flexibility index (Phi) is 6.35. The van der Waals surface area contributed by atoms with Gasteiger partial charge in [-0.15, -0.1) is 0 Å². The number of amides is 1. The lowest BCUT2D eigenvalue weighted by atomic mass is 10.0. The predicted molar refractivity (Wildman–Crippen MR) is 140 cm³/mol. The first-order valence-corrected chi connectivity index (χ1v) is 13.1. The largest absolute Gasteiger partial charge is 0.321 e. The van der Waals surface area contributed by atoms with E-state index < -0.39 is 15.9 Å². The Balaban J connectivity index is 1.41. The minimum absolute atomic E-state index is 0.220. The van der Waals surface area contributed by atoms with Crippen LogP contribution in [0.1, 0.15) is 31.8 Å². The van der Waals surface area contributed by atoms with Crippen LogP contribution in [0.5, 0.6) is 0 Å². The van der Waals surface area contributed by atoms with Gasteiger partial charge in [0.1, 0.15) is 0 Å². The predicted octanol–water partition coefficient (Wildman–Crippen LogP) is 5.57. The molecule has 5 rings (SSSR count). The van der Waals surface area contributed by atoms with Crippen molar-refractivity contribution in [1.29, 1.82) is 0 Å². The Morgan fingerprint density at radius 1 is 0.806 bits per heavy atom. The first-order chi connectivity index (χ1) is 17.3. The lowest BCUT2D eigenvalue weighted by Crippen LogP contribution is -2.29. The average molecular weight is 517 g/mol. The molecule has 0 aliphatic carbocycles. The zero-order valence-corrected chi connectivity index (χ0v) is 20.6. The number of carbonyl (C=O) groups is 2. The number of fused-ring (bicyclic) bond motifs is 1. The molecule has 1 N–H and O–H groups in total. The van der Waals surface area contributed by atoms with Crippen LogP contribution in [0.2, 0.25) is 5.02 Å². The molecular weight excluding hydrogens is 496 g/mol. The molecular formula is C28H21ClN2O4S. The number of ketones is 1. The number of sulfonamides is 1. The van der Waals surface area contributed by atoms with E-state index in [1.807, 2.05) is 6.07 Å². The molecule has 6 nitrogen and oxygen atoms in total. The number of benzene rings is 4. The second kappa shape index (κ2) is 9.60. The Bertz CT molecular complexity index is 1570. The highest BCUT2D eigenvalue weighted by atomic mass is 35.5. The minimum Gasteiger partial charge on any atom is -0.321 e. The van der Waals surface area contributed by atoms with Gasteiger partial charge in [0.25, 0.3) is 15.9 Å². The summed E-state index contributed by atoms with van der Waals surface area (Å²) in [5.74, 6) is -0.671. The van der Waals surface area contributed by atoms with Crippen molar-refractivity contribution in [3.05, 3.63) is 124 Å². The molecule has 180 valence electrons. The van der Waals surface area contributed by atoms with Gasteiger partial charge in [-0.2, -0.15) is 0 Å². The van der Waals surface area contributed by atoms with E-state index in [-0.39, 0.29) is 16.2 Å². The fourth-order valence-corrected chi connectivity index (χ4v) is 5.93. The molecule has 1 aliphatic heterocycles. The Labute approximate surface area is 214 Å². The van der Waals surface area contributed by atoms with Crippen LogP contribution in [-0.2, 0) is 16.4 Å². The summed E-state index contributed by atoms with van der Waals surface area (Å²) in [5.41, 5.74) is 2.78. The van der Waals surface area contributed by atoms with Gasteiger partial charge in [-0.1, -0.05) is 60.1 Å². The number of carbonyl (C=O) groups excluding carboxylic acids is 2. The summed E-state index contributed by atoms with van der Waals surface area (Å²) in [4.78, 5) is 26.4. The molecule has 0 aromatic heterocycles. The lowest BCUT2D eigenvalue weighted by molar-refractivity contribution is 0.102. The highest BCUT2D eigenvalue weighted by Crippen LogP contribution is 2.34. The quantitative estimate of drug-likeness (QED) is 0.339. The molecule has 1 heterocycles. The third kappa shape index (κ3) is 4.51. The Hall–Kier alpha value is -3.94. The van der Waals surface area contributed by atoms with Crippen molar-refractivity contribution in [2.24, 2.45) is 0 Å². The summed E-state index contributed by atoms with van der Waals surface area (Å²) in [7, 11) is -3.70. The number of nitrogens with one attached hydrogen (secondary N) is 1. The second-order valence-electron chi connectivity index (χ2n) is 8.32. The topological polar surface area (TPSA) is 83.6 Å². The van der Waals surface area contributed by atoms with Crippen LogP contribution in [-0.4, -0.2) is 26.7 Å². The number of rotatable bonds is 6. The molecule has 0 saturated heterocycles. The lowest BCUT2D eigenvalue weighted by Gasteiger charge is -2.19. The van der Waals surface area contributed by atoms with Gasteiger partial charge in [0.15, 0.2) is 5.78 Å². The standard InChI is InChI=1S/C28H21ClN2O4S/c29-22-12-13-25(24(18-22)27(32)19-7-3-1-4-8-19)30-28(33)21-11-14-26-20(17-21)15-16-31(26)36(34,35)23-9-5-2-6-10-23/h1-14,17-18H,15-16H2,(H,30,33). The first kappa shape index (κ1) is 23.8. The summed E-state index contributed by atoms with van der Waals surface area (Å²) in [6.45, 7) is 0.296. The zero-order chi connectivity index (χ0) is 25.3. The van der Waals surface area contributed by atoms with Gasteiger partial charge in [-0.3, -0.25) is 13.9 Å². The molecule has 1 aliphatic rings. The number of nitrogens with zero attached hydrogens (tertiary/aromatic N) is 1. The molecule has 1 amide bonds. The number of halogens is 1. The van der Waals surface area contributed by atoms with Crippen LogP contribution in [0, 0.1) is 0 Å². The molecule has 0 spiro atoms. The van der Waals surface area contributed by atoms with Crippen molar-refractivity contribution < 1.29 is 18.0 Å². The SMILES string of the molecule is O=C(Nc1ccc(Cl)cc1C(=O)c1ccccc1)c1ccc2c(c1)CCN2S(=O)(=O)c1ccccc1. The average Bonchev–Trinajstić information content (AvgIpc) is 3.34. The third-order valence-corrected chi connectivity index (χ3v) is 8.10. The van der Waals surface area contributed by atoms with Crippen LogP contribution in [0.15, 0.2) is 102 Å². The van der Waals surface area contributed by atoms with Crippen LogP contribution < -0.4 is 9.62 Å². The van der Waals surface area contributed by atoms with E-state index in [1.54, 1.807) is 84.9 Å². The maximum absolute atomic E-state index is 13.1. The van der Waals surface area contributed by atoms with Gasteiger partial charge in [0, 0.05) is 28.3 Å². The zero-order valence-electron chi connectivity index (χ0n) is 19.0. The molecule has 0 radical (unpaired) electrons. The number of anilines is 2. The number of hydrogen-bond donors (Lipinski definition) is 1. The maximum atomic E-state index is 13.1. The van der Waals surface area contributed by atoms with Gasteiger partial charge in [0.05, 0.1) is 16.3 Å². The van der Waals surface area contributed by atoms with Crippen LogP contribution in [0.3, 0.4) is 0 Å². The van der Waals surface area contributed by atoms with Crippen molar-refractivity contribution in [3.8, 4) is 0 Å². The minimum atomic E-state index is -3.70. The molecule has 4 aromatic rings. The van der Waals surface area contributed by atoms with E-state index in [4.69, 9.17) is 11.6 Å². The van der Waals surface area contributed by atoms with Gasteiger partial charge in [-0.05, 0) is 60.5 Å². The Morgan fingerprint density at radius 2 is 1.50 bits per heavy atom. The molecule has 4 aromatic carbocycles. The fourth-order valence-electron chi connectivity index (χ4n) is 4.23. The van der Waals surface area contributed by atoms with Crippen LogP contribution in [0.4, 0.5) is 11.4 Å². The molecule has 0 saturated carbocycles. The third-order valence-electron chi connectivity index (χ3n) is 6.04. The monoisotopic (exact) mass is 516 g/mol. The van der Waals surface area contributed by atoms with Crippen molar-refractivity contribution in [2.75, 3.05) is 16.2 Å². The van der Waals surface area contributed by atoms with Crippen LogP contribution >= 0.6 is 11.6 Å². The maximum Gasteiger partial charge on any atom is 0.264 e. The van der Waals surface area contributed by atoms with Gasteiger partial charge < -0.3 is 5.32 Å². The fraction of sp³-hybridized carbons (Fsp3) is 0.0714. The second-order valence-corrected chi connectivity index (χ2v) is 10.6. The normalized spacial score (nSPS) is 12.8. The number of hydrogen-bond acceptors (Lipinski definition) is 4. The van der Waals surface area contributed by atoms with E-state index in [9.17, 15) is 18.0 Å². The van der Waals surface area contributed by atoms with E-state index in [2.05, 4.69) is 5.32 Å². The summed E-state index contributed by atoms with van der Waals surface area (Å²) in [5, 5.41) is 3.19. The van der Waals surface area contributed by atoms with Crippen molar-refractivity contribution in [2.45, 2.75) is 11.3 Å². The highest BCUT2D eigenvalue weighted by molar-refractivity contribution is 7.92. The first-order valence-electron chi connectivity index (χ1n) is 11.3. The summed E-state index contributed by atoms with van der Waals surface area (Å²) in [6, 6.07) is 26.7. The molecule has 0 atom stereocenters. The van der Waals surface area contributed by atoms with Crippen LogP contribution in [0.25, 0.3) is 0 Å². The molecule has 0 bridgehead atoms. The van der Waals surface area contributed by atoms with Gasteiger partial charge in [-0.25, -0.2) is 8.42 Å². The Morgan fingerprint density at radius 3 is 2.22 bits per heavy atom. The molecule has 0 fully saturated rings. The van der Waals surface area contributed by atoms with E-state index in [1.165, 1.54) is 10.4 Å². The van der Waals surface area contributed by atoms with Crippen molar-refractivity contribution in [1.82, 2.24) is 0 Å². The molecule has 8 heteroatoms. The van der Waals surface area contributed by atoms with Gasteiger partial charge in [0.2, 0.25) is 0 Å². The smallest absolute Gasteiger partial charge is 0.264 e. The summed E-state index contributed by atoms with van der Waals surface area (Å²) >= 11 is 6.14. The summed E-state index contributed by atoms with van der Waals surface area (Å²) in [6.07, 6.45) is 0.487. The van der Waals surface area contributed by atoms with Crippen molar-refractivity contribution >= 4 is 44.7 Å². The van der Waals surface area contributed by atoms with Crippen molar-refractivity contribution in [3.63, 3.8) is 0 Å². The van der Waals surface area contributed by atoms with E-state index >= 15 is 0 Å². The van der Waals surface area contributed by atoms with E-state index in [0.29, 0.717) is 40.5 Å². The molecule has 36 heavy (non-hydrogen) atoms. The highest BCUT2D eigenvalue weighted by Gasteiger charge is 2.31. The summed E-state index contributed by atoms with van der Waals surface area (Å²) < 4.78 is 27.6.